The van der Waals surface area contributed by atoms with Gasteiger partial charge in [0.1, 0.15) is 18.2 Å². The molecule has 0 radical (unpaired) electrons. The first kappa shape index (κ1) is 15.8. The zero-order valence-electron chi connectivity index (χ0n) is 12.0. The van der Waals surface area contributed by atoms with Gasteiger partial charge in [-0.15, -0.1) is 0 Å². The van der Waals surface area contributed by atoms with Gasteiger partial charge >= 0.3 is 0 Å². The molecule has 2 aromatic carbocycles. The fourth-order valence-electron chi connectivity index (χ4n) is 1.98. The third kappa shape index (κ3) is 4.73. The highest BCUT2D eigenvalue weighted by atomic mass is 35.5. The summed E-state index contributed by atoms with van der Waals surface area (Å²) >= 11 is 5.74. The van der Waals surface area contributed by atoms with Gasteiger partial charge in [-0.3, -0.25) is 0 Å². The van der Waals surface area contributed by atoms with E-state index in [0.29, 0.717) is 10.6 Å². The van der Waals surface area contributed by atoms with Crippen molar-refractivity contribution in [3.8, 4) is 5.75 Å². The summed E-state index contributed by atoms with van der Waals surface area (Å²) in [5, 5.41) is 3.73. The molecule has 21 heavy (non-hydrogen) atoms. The van der Waals surface area contributed by atoms with Crippen molar-refractivity contribution in [3.05, 3.63) is 64.4 Å². The molecule has 112 valence electrons. The summed E-state index contributed by atoms with van der Waals surface area (Å²) < 4.78 is 19.5. The van der Waals surface area contributed by atoms with Gasteiger partial charge in [-0.25, -0.2) is 4.39 Å². The molecular weight excluding hydrogens is 289 g/mol. The van der Waals surface area contributed by atoms with E-state index in [1.165, 1.54) is 6.07 Å². The molecule has 0 heterocycles. The standard InChI is InChI=1S/C17H19ClFNO/c1-2-9-20-11-13-5-3-4-6-17(13)21-12-14-7-8-15(18)10-16(14)19/h3-8,10,20H,2,9,11-12H2,1H3. The summed E-state index contributed by atoms with van der Waals surface area (Å²) in [7, 11) is 0. The number of para-hydroxylation sites is 1. The Kier molecular flexibility index (Phi) is 6.03. The Bertz CT molecular complexity index is 589. The van der Waals surface area contributed by atoms with Crippen LogP contribution in [0.25, 0.3) is 0 Å². The van der Waals surface area contributed by atoms with Gasteiger partial charge in [0.2, 0.25) is 0 Å². The fraction of sp³-hybridized carbons (Fsp3) is 0.294. The first-order valence-electron chi connectivity index (χ1n) is 7.06. The Morgan fingerprint density at radius 3 is 2.71 bits per heavy atom. The third-order valence-electron chi connectivity index (χ3n) is 3.11. The number of benzene rings is 2. The number of halogens is 2. The van der Waals surface area contributed by atoms with Gasteiger partial charge in [0.05, 0.1) is 0 Å². The highest BCUT2D eigenvalue weighted by molar-refractivity contribution is 6.30. The predicted molar refractivity (Wildman–Crippen MR) is 84.2 cm³/mol. The number of hydrogen-bond donors (Lipinski definition) is 1. The summed E-state index contributed by atoms with van der Waals surface area (Å²) in [6, 6.07) is 12.4. The smallest absolute Gasteiger partial charge is 0.131 e. The van der Waals surface area contributed by atoms with E-state index >= 15 is 0 Å². The molecule has 0 bridgehead atoms. The van der Waals surface area contributed by atoms with Gasteiger partial charge in [-0.1, -0.05) is 42.8 Å². The molecule has 0 fully saturated rings. The van der Waals surface area contributed by atoms with Crippen LogP contribution >= 0.6 is 11.6 Å². The lowest BCUT2D eigenvalue weighted by molar-refractivity contribution is 0.296. The lowest BCUT2D eigenvalue weighted by atomic mass is 10.2. The van der Waals surface area contributed by atoms with Crippen molar-refractivity contribution >= 4 is 11.6 Å². The van der Waals surface area contributed by atoms with Crippen molar-refractivity contribution in [1.82, 2.24) is 5.32 Å². The van der Waals surface area contributed by atoms with Crippen molar-refractivity contribution in [2.45, 2.75) is 26.5 Å². The number of rotatable bonds is 7. The van der Waals surface area contributed by atoms with E-state index in [9.17, 15) is 4.39 Å². The minimum atomic E-state index is -0.343. The van der Waals surface area contributed by atoms with Crippen LogP contribution in [0.15, 0.2) is 42.5 Å². The molecule has 0 atom stereocenters. The summed E-state index contributed by atoms with van der Waals surface area (Å²) in [4.78, 5) is 0. The molecule has 0 amide bonds. The molecule has 0 unspecified atom stereocenters. The van der Waals surface area contributed by atoms with Crippen molar-refractivity contribution in [1.29, 1.82) is 0 Å². The molecule has 0 aliphatic rings. The maximum absolute atomic E-state index is 13.7. The first-order valence-corrected chi connectivity index (χ1v) is 7.44. The zero-order valence-corrected chi connectivity index (χ0v) is 12.8. The minimum absolute atomic E-state index is 0.188. The van der Waals surface area contributed by atoms with Crippen LogP contribution < -0.4 is 10.1 Å². The molecule has 0 saturated heterocycles. The Labute approximate surface area is 129 Å². The van der Waals surface area contributed by atoms with E-state index < -0.39 is 0 Å². The lowest BCUT2D eigenvalue weighted by Gasteiger charge is -2.12. The zero-order chi connectivity index (χ0) is 15.1. The van der Waals surface area contributed by atoms with Crippen LogP contribution in [0.4, 0.5) is 4.39 Å². The Morgan fingerprint density at radius 2 is 1.95 bits per heavy atom. The van der Waals surface area contributed by atoms with Gasteiger partial charge in [0, 0.05) is 22.7 Å². The maximum Gasteiger partial charge on any atom is 0.131 e. The van der Waals surface area contributed by atoms with Crippen LogP contribution in [-0.4, -0.2) is 6.54 Å². The van der Waals surface area contributed by atoms with E-state index in [-0.39, 0.29) is 12.4 Å². The normalized spacial score (nSPS) is 10.6. The van der Waals surface area contributed by atoms with Crippen LogP contribution in [0.2, 0.25) is 5.02 Å². The molecule has 0 aliphatic heterocycles. The van der Waals surface area contributed by atoms with Crippen LogP contribution in [0.1, 0.15) is 24.5 Å². The number of ether oxygens (including phenoxy) is 1. The van der Waals surface area contributed by atoms with Crippen molar-refractivity contribution in [3.63, 3.8) is 0 Å². The quantitative estimate of drug-likeness (QED) is 0.757. The van der Waals surface area contributed by atoms with Crippen molar-refractivity contribution in [2.75, 3.05) is 6.54 Å². The van der Waals surface area contributed by atoms with Gasteiger partial charge < -0.3 is 10.1 Å². The topological polar surface area (TPSA) is 21.3 Å². The van der Waals surface area contributed by atoms with E-state index in [2.05, 4.69) is 12.2 Å². The Morgan fingerprint density at radius 1 is 1.14 bits per heavy atom. The summed E-state index contributed by atoms with van der Waals surface area (Å²) in [5.74, 6) is 0.430. The SMILES string of the molecule is CCCNCc1ccccc1OCc1ccc(Cl)cc1F. The molecule has 1 N–H and O–H groups in total. The van der Waals surface area contributed by atoms with Gasteiger partial charge in [0.25, 0.3) is 0 Å². The Balaban J connectivity index is 2.02. The van der Waals surface area contributed by atoms with Crippen molar-refractivity contribution < 1.29 is 9.13 Å². The van der Waals surface area contributed by atoms with Crippen LogP contribution in [0.3, 0.4) is 0 Å². The molecule has 0 saturated carbocycles. The minimum Gasteiger partial charge on any atom is -0.488 e. The second kappa shape index (κ2) is 8.01. The molecule has 4 heteroatoms. The van der Waals surface area contributed by atoms with E-state index in [1.54, 1.807) is 12.1 Å². The monoisotopic (exact) mass is 307 g/mol. The van der Waals surface area contributed by atoms with Gasteiger partial charge in [-0.2, -0.15) is 0 Å². The highest BCUT2D eigenvalue weighted by Crippen LogP contribution is 2.21. The summed E-state index contributed by atoms with van der Waals surface area (Å²) in [6.07, 6.45) is 1.08. The lowest BCUT2D eigenvalue weighted by Crippen LogP contribution is -2.14. The predicted octanol–water partition coefficient (Wildman–Crippen LogP) is 4.56. The second-order valence-corrected chi connectivity index (χ2v) is 5.25. The highest BCUT2D eigenvalue weighted by Gasteiger charge is 2.06. The summed E-state index contributed by atoms with van der Waals surface area (Å²) in [6.45, 7) is 4.01. The van der Waals surface area contributed by atoms with Gasteiger partial charge in [-0.05, 0) is 31.2 Å². The molecule has 0 aliphatic carbocycles. The number of nitrogens with one attached hydrogen (secondary N) is 1. The van der Waals surface area contributed by atoms with E-state index in [4.69, 9.17) is 16.3 Å². The molecule has 2 aromatic rings. The largest absolute Gasteiger partial charge is 0.488 e. The molecule has 0 spiro atoms. The molecule has 2 nitrogen and oxygen atoms in total. The molecular formula is C17H19ClFNO. The summed E-state index contributed by atoms with van der Waals surface area (Å²) in [5.41, 5.74) is 1.57. The van der Waals surface area contributed by atoms with Crippen LogP contribution in [0, 0.1) is 5.82 Å². The maximum atomic E-state index is 13.7. The van der Waals surface area contributed by atoms with Gasteiger partial charge in [0.15, 0.2) is 0 Å². The van der Waals surface area contributed by atoms with Crippen LogP contribution in [0.5, 0.6) is 5.75 Å². The first-order chi connectivity index (χ1) is 10.2. The van der Waals surface area contributed by atoms with Crippen LogP contribution in [-0.2, 0) is 13.2 Å². The van der Waals surface area contributed by atoms with E-state index in [1.807, 2.05) is 24.3 Å². The fourth-order valence-corrected chi connectivity index (χ4v) is 2.14. The van der Waals surface area contributed by atoms with Crippen molar-refractivity contribution in [2.24, 2.45) is 0 Å². The number of hydrogen-bond acceptors (Lipinski definition) is 2. The van der Waals surface area contributed by atoms with E-state index in [0.717, 1.165) is 30.8 Å². The molecule has 0 aromatic heterocycles. The average molecular weight is 308 g/mol. The third-order valence-corrected chi connectivity index (χ3v) is 3.35. The average Bonchev–Trinajstić information content (AvgIpc) is 2.48. The second-order valence-electron chi connectivity index (χ2n) is 4.81. The Hall–Kier alpha value is -1.58. The molecule has 2 rings (SSSR count).